The maximum atomic E-state index is 11.6. The van der Waals surface area contributed by atoms with Gasteiger partial charge in [-0.25, -0.2) is 0 Å². The van der Waals surface area contributed by atoms with E-state index in [-0.39, 0.29) is 12.2 Å². The van der Waals surface area contributed by atoms with E-state index in [0.29, 0.717) is 6.42 Å². The molecule has 0 amide bonds. The van der Waals surface area contributed by atoms with Crippen molar-refractivity contribution in [1.29, 1.82) is 0 Å². The third kappa shape index (κ3) is 0.996. The fourth-order valence-electron chi connectivity index (χ4n) is 1.07. The highest BCUT2D eigenvalue weighted by Crippen LogP contribution is 2.31. The molecule has 1 aliphatic rings. The molecule has 0 bridgehead atoms. The Bertz CT molecular complexity index is 78.6. The first-order chi connectivity index (χ1) is 3.77. The van der Waals surface area contributed by atoms with Crippen LogP contribution in [0.2, 0.25) is 0 Å². The van der Waals surface area contributed by atoms with Crippen molar-refractivity contribution >= 4 is 0 Å². The molecule has 0 atom stereocenters. The highest BCUT2D eigenvalue weighted by molar-refractivity contribution is 4.91. The van der Waals surface area contributed by atoms with Crippen molar-refractivity contribution in [3.05, 3.63) is 0 Å². The minimum absolute atomic E-state index is 0.102. The van der Waals surface area contributed by atoms with Crippen molar-refractivity contribution < 1.29 is 4.39 Å². The summed E-state index contributed by atoms with van der Waals surface area (Å²) in [5.74, 6) is 0. The van der Waals surface area contributed by atoms with Gasteiger partial charge in [-0.3, -0.25) is 4.39 Å². The van der Waals surface area contributed by atoms with Gasteiger partial charge in [0.15, 0.2) is 0 Å². The van der Waals surface area contributed by atoms with E-state index < -0.39 is 0 Å². The van der Waals surface area contributed by atoms with Crippen molar-refractivity contribution in [3.8, 4) is 0 Å². The van der Waals surface area contributed by atoms with Gasteiger partial charge >= 0.3 is 0 Å². The molecule has 0 radical (unpaired) electrons. The van der Waals surface area contributed by atoms with Crippen LogP contribution < -0.4 is 5.73 Å². The number of rotatable bonds is 2. The van der Waals surface area contributed by atoms with Gasteiger partial charge in [0, 0.05) is 5.54 Å². The van der Waals surface area contributed by atoms with Crippen molar-refractivity contribution in [2.45, 2.75) is 31.2 Å². The number of halogens is 1. The molecule has 0 unspecified atom stereocenters. The Labute approximate surface area is 49.1 Å². The Hall–Kier alpha value is -0.110. The second kappa shape index (κ2) is 2.02. The molecule has 1 rings (SSSR count). The summed E-state index contributed by atoms with van der Waals surface area (Å²) in [6.07, 6.45) is 3.80. The van der Waals surface area contributed by atoms with Gasteiger partial charge in [-0.15, -0.1) is 0 Å². The van der Waals surface area contributed by atoms with Crippen molar-refractivity contribution in [3.63, 3.8) is 0 Å². The predicted molar refractivity (Wildman–Crippen MR) is 31.4 cm³/mol. The Morgan fingerprint density at radius 3 is 2.25 bits per heavy atom. The summed E-state index contributed by atoms with van der Waals surface area (Å²) in [5.41, 5.74) is 5.57. The fourth-order valence-corrected chi connectivity index (χ4v) is 1.07. The second-order valence-electron chi connectivity index (χ2n) is 2.65. The van der Waals surface area contributed by atoms with Gasteiger partial charge in [-0.05, 0) is 25.7 Å². The van der Waals surface area contributed by atoms with Gasteiger partial charge in [-0.2, -0.15) is 0 Å². The molecular weight excluding hydrogens is 105 g/mol. The first kappa shape index (κ1) is 6.02. The van der Waals surface area contributed by atoms with E-state index in [9.17, 15) is 4.39 Å². The SMILES string of the molecule is NC1(CCF)CCC1. The van der Waals surface area contributed by atoms with Crippen molar-refractivity contribution in [2.24, 2.45) is 5.73 Å². The molecule has 0 aromatic rings. The predicted octanol–water partition coefficient (Wildman–Crippen LogP) is 1.23. The van der Waals surface area contributed by atoms with Crippen LogP contribution in [0.4, 0.5) is 4.39 Å². The summed E-state index contributed by atoms with van der Waals surface area (Å²) in [6, 6.07) is 0. The zero-order valence-electron chi connectivity index (χ0n) is 4.99. The Kier molecular flexibility index (Phi) is 1.52. The minimum Gasteiger partial charge on any atom is -0.325 e. The van der Waals surface area contributed by atoms with E-state index in [0.717, 1.165) is 12.8 Å². The van der Waals surface area contributed by atoms with Gasteiger partial charge in [0.05, 0.1) is 6.67 Å². The van der Waals surface area contributed by atoms with Crippen LogP contribution in [-0.2, 0) is 0 Å². The largest absolute Gasteiger partial charge is 0.325 e. The summed E-state index contributed by atoms with van der Waals surface area (Å²) in [5, 5.41) is 0. The first-order valence-electron chi connectivity index (χ1n) is 3.12. The molecule has 0 aromatic heterocycles. The fraction of sp³-hybridized carbons (Fsp3) is 1.00. The van der Waals surface area contributed by atoms with Gasteiger partial charge in [0.25, 0.3) is 0 Å². The Balaban J connectivity index is 2.20. The second-order valence-corrected chi connectivity index (χ2v) is 2.65. The first-order valence-corrected chi connectivity index (χ1v) is 3.12. The van der Waals surface area contributed by atoms with Gasteiger partial charge in [0.2, 0.25) is 0 Å². The van der Waals surface area contributed by atoms with E-state index in [1.165, 1.54) is 6.42 Å². The Morgan fingerprint density at radius 2 is 2.12 bits per heavy atom. The Morgan fingerprint density at radius 1 is 1.50 bits per heavy atom. The molecule has 1 saturated carbocycles. The van der Waals surface area contributed by atoms with Crippen LogP contribution >= 0.6 is 0 Å². The number of alkyl halides is 1. The number of nitrogens with two attached hydrogens (primary N) is 1. The van der Waals surface area contributed by atoms with Crippen LogP contribution in [-0.4, -0.2) is 12.2 Å². The highest BCUT2D eigenvalue weighted by Gasteiger charge is 2.31. The molecule has 2 N–H and O–H groups in total. The number of hydrogen-bond donors (Lipinski definition) is 1. The van der Waals surface area contributed by atoms with Gasteiger partial charge in [-0.1, -0.05) is 0 Å². The van der Waals surface area contributed by atoms with Crippen molar-refractivity contribution in [1.82, 2.24) is 0 Å². The molecule has 1 nitrogen and oxygen atoms in total. The lowest BCUT2D eigenvalue weighted by Gasteiger charge is -2.37. The maximum absolute atomic E-state index is 11.6. The van der Waals surface area contributed by atoms with E-state index in [1.807, 2.05) is 0 Å². The van der Waals surface area contributed by atoms with Crippen LogP contribution in [0, 0.1) is 0 Å². The molecule has 0 aliphatic heterocycles. The lowest BCUT2D eigenvalue weighted by atomic mass is 9.76. The van der Waals surface area contributed by atoms with E-state index in [2.05, 4.69) is 0 Å². The quantitative estimate of drug-likeness (QED) is 0.578. The average molecular weight is 117 g/mol. The summed E-state index contributed by atoms with van der Waals surface area (Å²) in [6.45, 7) is -0.253. The maximum Gasteiger partial charge on any atom is 0.0911 e. The molecule has 0 saturated heterocycles. The standard InChI is InChI=1S/C6H12FN/c7-5-4-6(8)2-1-3-6/h1-5,8H2. The van der Waals surface area contributed by atoms with Crippen LogP contribution in [0.5, 0.6) is 0 Å². The topological polar surface area (TPSA) is 26.0 Å². The summed E-state index contributed by atoms with van der Waals surface area (Å²) in [4.78, 5) is 0. The molecule has 8 heavy (non-hydrogen) atoms. The molecule has 0 spiro atoms. The normalized spacial score (nSPS) is 24.8. The molecular formula is C6H12FN. The molecule has 2 heteroatoms. The van der Waals surface area contributed by atoms with E-state index in [4.69, 9.17) is 5.73 Å². The third-order valence-electron chi connectivity index (χ3n) is 1.94. The van der Waals surface area contributed by atoms with Gasteiger partial charge in [0.1, 0.15) is 0 Å². The molecule has 0 aromatic carbocycles. The average Bonchev–Trinajstić information content (AvgIpc) is 1.64. The molecule has 1 aliphatic carbocycles. The zero-order chi connectivity index (χ0) is 6.04. The summed E-state index contributed by atoms with van der Waals surface area (Å²) >= 11 is 0. The van der Waals surface area contributed by atoms with Gasteiger partial charge < -0.3 is 5.73 Å². The molecule has 48 valence electrons. The van der Waals surface area contributed by atoms with Crippen molar-refractivity contribution in [2.75, 3.05) is 6.67 Å². The molecule has 0 heterocycles. The van der Waals surface area contributed by atoms with E-state index >= 15 is 0 Å². The van der Waals surface area contributed by atoms with E-state index in [1.54, 1.807) is 0 Å². The number of hydrogen-bond acceptors (Lipinski definition) is 1. The monoisotopic (exact) mass is 117 g/mol. The molecule has 1 fully saturated rings. The highest BCUT2D eigenvalue weighted by atomic mass is 19.1. The summed E-state index contributed by atoms with van der Waals surface area (Å²) < 4.78 is 11.6. The van der Waals surface area contributed by atoms with Crippen LogP contribution in [0.25, 0.3) is 0 Å². The van der Waals surface area contributed by atoms with Crippen LogP contribution in [0.1, 0.15) is 25.7 Å². The lowest BCUT2D eigenvalue weighted by molar-refractivity contribution is 0.211. The summed E-state index contributed by atoms with van der Waals surface area (Å²) in [7, 11) is 0. The van der Waals surface area contributed by atoms with Crippen LogP contribution in [0.3, 0.4) is 0 Å². The smallest absolute Gasteiger partial charge is 0.0911 e. The van der Waals surface area contributed by atoms with Crippen LogP contribution in [0.15, 0.2) is 0 Å². The zero-order valence-corrected chi connectivity index (χ0v) is 4.99. The third-order valence-corrected chi connectivity index (χ3v) is 1.94. The lowest BCUT2D eigenvalue weighted by Crippen LogP contribution is -2.46. The minimum atomic E-state index is -0.253.